The Morgan fingerprint density at radius 2 is 2.09 bits per heavy atom. The molecule has 0 bridgehead atoms. The molecule has 2 aromatic rings. The number of hydrogen-bond donors (Lipinski definition) is 0. The van der Waals surface area contributed by atoms with Gasteiger partial charge < -0.3 is 9.30 Å². The molecular weight excluding hydrogens is 292 g/mol. The van der Waals surface area contributed by atoms with Gasteiger partial charge in [-0.1, -0.05) is 6.42 Å². The summed E-state index contributed by atoms with van der Waals surface area (Å²) in [5.74, 6) is -2.46. The summed E-state index contributed by atoms with van der Waals surface area (Å²) in [6.45, 7) is 0.817. The molecule has 22 heavy (non-hydrogen) atoms. The average molecular weight is 305 g/mol. The lowest BCUT2D eigenvalue weighted by atomic mass is 9.69. The van der Waals surface area contributed by atoms with Gasteiger partial charge in [0.05, 0.1) is 23.1 Å². The molecule has 1 aromatic heterocycles. The second-order valence-electron chi connectivity index (χ2n) is 6.20. The van der Waals surface area contributed by atoms with E-state index in [1.165, 1.54) is 6.20 Å². The molecule has 6 heteroatoms. The summed E-state index contributed by atoms with van der Waals surface area (Å²) in [6, 6.07) is 0.849. The first-order chi connectivity index (χ1) is 10.5. The molecule has 2 heterocycles. The van der Waals surface area contributed by atoms with E-state index in [-0.39, 0.29) is 34.2 Å². The van der Waals surface area contributed by atoms with Crippen LogP contribution in [0.25, 0.3) is 10.9 Å². The Bertz CT molecular complexity index is 868. The number of pyridine rings is 1. The van der Waals surface area contributed by atoms with Gasteiger partial charge in [0.1, 0.15) is 0 Å². The van der Waals surface area contributed by atoms with Crippen molar-refractivity contribution in [3.8, 4) is 5.75 Å². The second kappa shape index (κ2) is 4.38. The van der Waals surface area contributed by atoms with Crippen LogP contribution in [0.1, 0.15) is 29.6 Å². The van der Waals surface area contributed by atoms with Gasteiger partial charge in [-0.25, -0.2) is 4.39 Å². The Balaban J connectivity index is 2.10. The van der Waals surface area contributed by atoms with Crippen LogP contribution in [0.4, 0.5) is 8.78 Å². The molecule has 0 radical (unpaired) electrons. The maximum absolute atomic E-state index is 14.1. The highest BCUT2D eigenvalue weighted by atomic mass is 19.2. The number of carbonyl (C=O) groups is 1. The van der Waals surface area contributed by atoms with Gasteiger partial charge in [-0.3, -0.25) is 9.59 Å². The molecule has 1 aliphatic carbocycles. The van der Waals surface area contributed by atoms with Crippen LogP contribution in [0, 0.1) is 17.0 Å². The largest absolute Gasteiger partial charge is 0.488 e. The lowest BCUT2D eigenvalue weighted by Crippen LogP contribution is -2.38. The van der Waals surface area contributed by atoms with Crippen LogP contribution < -0.4 is 10.2 Å². The number of carbonyl (C=O) groups excluding carboxylic acids is 1. The minimum absolute atomic E-state index is 0.0186. The van der Waals surface area contributed by atoms with Crippen LogP contribution >= 0.6 is 0 Å². The van der Waals surface area contributed by atoms with Crippen molar-refractivity contribution in [3.63, 3.8) is 0 Å². The van der Waals surface area contributed by atoms with Crippen LogP contribution in [-0.4, -0.2) is 17.5 Å². The van der Waals surface area contributed by atoms with Gasteiger partial charge in [0.25, 0.3) is 0 Å². The van der Waals surface area contributed by atoms with E-state index in [1.54, 1.807) is 4.57 Å². The Hall–Kier alpha value is -2.24. The molecule has 4 rings (SSSR count). The summed E-state index contributed by atoms with van der Waals surface area (Å²) >= 11 is 0. The minimum atomic E-state index is -1.14. The van der Waals surface area contributed by atoms with Crippen LogP contribution in [0.15, 0.2) is 17.1 Å². The van der Waals surface area contributed by atoms with Crippen LogP contribution in [0.3, 0.4) is 0 Å². The molecule has 1 fully saturated rings. The molecule has 1 saturated carbocycles. The third-order valence-corrected chi connectivity index (χ3v) is 4.81. The fourth-order valence-electron chi connectivity index (χ4n) is 3.45. The molecule has 0 atom stereocenters. The lowest BCUT2D eigenvalue weighted by Gasteiger charge is -2.40. The highest BCUT2D eigenvalue weighted by Crippen LogP contribution is 2.46. The summed E-state index contributed by atoms with van der Waals surface area (Å²) in [6.07, 6.45) is 4.78. The van der Waals surface area contributed by atoms with Gasteiger partial charge in [-0.2, -0.15) is 4.39 Å². The maximum Gasteiger partial charge on any atom is 0.202 e. The number of benzene rings is 1. The van der Waals surface area contributed by atoms with Crippen molar-refractivity contribution in [1.82, 2.24) is 4.57 Å². The van der Waals surface area contributed by atoms with E-state index >= 15 is 0 Å². The standard InChI is InChI=1S/C16H13F2NO3/c17-11-4-10-13-15(12(11)18)22-8-16(2-1-3-16)7-19(13)5-9(6-20)14(10)21/h4-6H,1-3,7-8H2. The minimum Gasteiger partial charge on any atom is -0.488 e. The van der Waals surface area contributed by atoms with Crippen LogP contribution in [-0.2, 0) is 6.54 Å². The molecule has 2 aliphatic rings. The normalized spacial score (nSPS) is 18.6. The van der Waals surface area contributed by atoms with Crippen molar-refractivity contribution in [2.75, 3.05) is 6.61 Å². The molecule has 0 unspecified atom stereocenters. The molecule has 1 spiro atoms. The van der Waals surface area contributed by atoms with Gasteiger partial charge >= 0.3 is 0 Å². The average Bonchev–Trinajstić information content (AvgIpc) is 2.65. The van der Waals surface area contributed by atoms with Gasteiger partial charge in [0.15, 0.2) is 23.3 Å². The van der Waals surface area contributed by atoms with Gasteiger partial charge in [0.2, 0.25) is 5.82 Å². The predicted octanol–water partition coefficient (Wildman–Crippen LogP) is 2.65. The van der Waals surface area contributed by atoms with Crippen molar-refractivity contribution >= 4 is 17.2 Å². The first-order valence-electron chi connectivity index (χ1n) is 7.18. The zero-order chi connectivity index (χ0) is 15.5. The van der Waals surface area contributed by atoms with E-state index < -0.39 is 17.1 Å². The van der Waals surface area contributed by atoms with Crippen LogP contribution in [0.2, 0.25) is 0 Å². The first kappa shape index (κ1) is 13.4. The Labute approximate surface area is 124 Å². The number of ether oxygens (including phenoxy) is 1. The smallest absolute Gasteiger partial charge is 0.202 e. The third kappa shape index (κ3) is 1.66. The zero-order valence-electron chi connectivity index (χ0n) is 11.7. The van der Waals surface area contributed by atoms with Crippen molar-refractivity contribution in [1.29, 1.82) is 0 Å². The summed E-state index contributed by atoms with van der Waals surface area (Å²) < 4.78 is 35.2. The predicted molar refractivity (Wildman–Crippen MR) is 75.3 cm³/mol. The van der Waals surface area contributed by atoms with Crippen LogP contribution in [0.5, 0.6) is 5.75 Å². The number of rotatable bonds is 1. The fraction of sp³-hybridized carbons (Fsp3) is 0.375. The van der Waals surface area contributed by atoms with Crippen molar-refractivity contribution in [3.05, 3.63) is 39.7 Å². The first-order valence-corrected chi connectivity index (χ1v) is 7.18. The molecule has 0 amide bonds. The van der Waals surface area contributed by atoms with Crippen molar-refractivity contribution in [2.24, 2.45) is 5.41 Å². The molecule has 114 valence electrons. The zero-order valence-corrected chi connectivity index (χ0v) is 11.7. The lowest BCUT2D eigenvalue weighted by molar-refractivity contribution is 0.0459. The molecule has 1 aliphatic heterocycles. The Morgan fingerprint density at radius 1 is 1.32 bits per heavy atom. The fourth-order valence-corrected chi connectivity index (χ4v) is 3.45. The van der Waals surface area contributed by atoms with E-state index in [0.717, 1.165) is 25.3 Å². The highest BCUT2D eigenvalue weighted by molar-refractivity contribution is 5.90. The Kier molecular flexibility index (Phi) is 2.67. The molecule has 1 aromatic carbocycles. The number of hydrogen-bond acceptors (Lipinski definition) is 3. The van der Waals surface area contributed by atoms with E-state index in [9.17, 15) is 18.4 Å². The summed E-state index contributed by atoms with van der Waals surface area (Å²) in [7, 11) is 0. The molecule has 4 nitrogen and oxygen atoms in total. The Morgan fingerprint density at radius 3 is 2.73 bits per heavy atom. The van der Waals surface area contributed by atoms with Gasteiger partial charge in [-0.05, 0) is 18.9 Å². The van der Waals surface area contributed by atoms with Gasteiger partial charge in [0, 0.05) is 18.2 Å². The molecular formula is C16H13F2NO3. The quantitative estimate of drug-likeness (QED) is 0.761. The topological polar surface area (TPSA) is 48.3 Å². The number of nitrogens with zero attached hydrogens (tertiary/aromatic N) is 1. The van der Waals surface area contributed by atoms with Crippen molar-refractivity contribution < 1.29 is 18.3 Å². The summed E-state index contributed by atoms with van der Waals surface area (Å²) in [5.41, 5.74) is -0.557. The number of halogens is 2. The number of aldehydes is 1. The van der Waals surface area contributed by atoms with Gasteiger partial charge in [-0.15, -0.1) is 0 Å². The van der Waals surface area contributed by atoms with E-state index in [2.05, 4.69) is 0 Å². The number of aromatic nitrogens is 1. The molecule has 0 saturated heterocycles. The maximum atomic E-state index is 14.1. The molecule has 0 N–H and O–H groups in total. The third-order valence-electron chi connectivity index (χ3n) is 4.81. The monoisotopic (exact) mass is 305 g/mol. The van der Waals surface area contributed by atoms with E-state index in [1.807, 2.05) is 0 Å². The summed E-state index contributed by atoms with van der Waals surface area (Å²) in [5, 5.41) is -0.0186. The SMILES string of the molecule is O=Cc1cn2c3c(c(F)c(F)cc3c1=O)OCC1(CCC1)C2. The van der Waals surface area contributed by atoms with E-state index in [0.29, 0.717) is 12.8 Å². The second-order valence-corrected chi connectivity index (χ2v) is 6.20. The van der Waals surface area contributed by atoms with Crippen molar-refractivity contribution in [2.45, 2.75) is 25.8 Å². The summed E-state index contributed by atoms with van der Waals surface area (Å²) in [4.78, 5) is 23.3. The highest BCUT2D eigenvalue weighted by Gasteiger charge is 2.41. The van der Waals surface area contributed by atoms with E-state index in [4.69, 9.17) is 4.74 Å².